The van der Waals surface area contributed by atoms with E-state index in [0.717, 1.165) is 10.6 Å². The monoisotopic (exact) mass is 359 g/mol. The molecule has 6 nitrogen and oxygen atoms in total. The summed E-state index contributed by atoms with van der Waals surface area (Å²) in [5, 5.41) is -0.241. The molecule has 0 amide bonds. The van der Waals surface area contributed by atoms with Gasteiger partial charge < -0.3 is 18.8 Å². The minimum absolute atomic E-state index is 0.0279. The molecule has 0 atom stereocenters. The Kier molecular flexibility index (Phi) is 5.24. The Morgan fingerprint density at radius 2 is 1.88 bits per heavy atom. The largest absolute Gasteiger partial charge is 0.493 e. The lowest BCUT2D eigenvalue weighted by Crippen LogP contribution is -2.21. The minimum Gasteiger partial charge on any atom is -0.493 e. The first-order chi connectivity index (χ1) is 11.7. The van der Waals surface area contributed by atoms with Crippen molar-refractivity contribution in [3.63, 3.8) is 0 Å². The molecule has 0 unspecified atom stereocenters. The third-order valence-electron chi connectivity index (χ3n) is 3.49. The molecule has 0 bridgehead atoms. The molecule has 25 heavy (non-hydrogen) atoms. The summed E-state index contributed by atoms with van der Waals surface area (Å²) in [6, 6.07) is 2.87. The lowest BCUT2D eigenvalue weighted by Gasteiger charge is -2.16. The second-order valence-electron chi connectivity index (χ2n) is 5.07. The van der Waals surface area contributed by atoms with E-state index in [4.69, 9.17) is 14.2 Å². The maximum atomic E-state index is 13.3. The van der Waals surface area contributed by atoms with Gasteiger partial charge in [0.2, 0.25) is 0 Å². The van der Waals surface area contributed by atoms with Crippen molar-refractivity contribution >= 4 is 16.9 Å². The lowest BCUT2D eigenvalue weighted by molar-refractivity contribution is -0.145. The number of rotatable bonds is 5. The number of carbonyl (C=O) groups excluding carboxylic acids is 1. The van der Waals surface area contributed by atoms with Crippen LogP contribution in [0.15, 0.2) is 23.0 Å². The third kappa shape index (κ3) is 3.86. The van der Waals surface area contributed by atoms with Gasteiger partial charge in [0.05, 0.1) is 24.8 Å². The first-order valence-corrected chi connectivity index (χ1v) is 7.26. The van der Waals surface area contributed by atoms with Gasteiger partial charge in [0.1, 0.15) is 0 Å². The molecule has 0 saturated carbocycles. The van der Waals surface area contributed by atoms with E-state index in [1.165, 1.54) is 20.2 Å². The average Bonchev–Trinajstić information content (AvgIpc) is 2.54. The fourth-order valence-corrected chi connectivity index (χ4v) is 2.31. The zero-order chi connectivity index (χ0) is 18.8. The second-order valence-corrected chi connectivity index (χ2v) is 5.07. The van der Waals surface area contributed by atoms with Crippen LogP contribution in [0.2, 0.25) is 0 Å². The number of alkyl halides is 3. The number of methoxy groups -OCH3 is 1. The molecule has 0 aliphatic carbocycles. The number of pyridine rings is 1. The van der Waals surface area contributed by atoms with Crippen molar-refractivity contribution in [1.29, 1.82) is 0 Å². The van der Waals surface area contributed by atoms with Crippen LogP contribution in [0.3, 0.4) is 0 Å². The molecule has 0 radical (unpaired) electrons. The number of aryl methyl sites for hydroxylation is 1. The van der Waals surface area contributed by atoms with Crippen LogP contribution in [-0.4, -0.2) is 30.9 Å². The van der Waals surface area contributed by atoms with Gasteiger partial charge in [-0.1, -0.05) is 0 Å². The molecule has 0 spiro atoms. The van der Waals surface area contributed by atoms with Gasteiger partial charge in [0, 0.05) is 24.6 Å². The lowest BCUT2D eigenvalue weighted by atomic mass is 10.1. The topological polar surface area (TPSA) is 66.8 Å². The first kappa shape index (κ1) is 18.6. The number of benzene rings is 1. The quantitative estimate of drug-likeness (QED) is 0.768. The van der Waals surface area contributed by atoms with Crippen molar-refractivity contribution in [2.45, 2.75) is 13.1 Å². The van der Waals surface area contributed by atoms with Crippen LogP contribution in [0, 0.1) is 0 Å². The average molecular weight is 359 g/mol. The zero-order valence-electron chi connectivity index (χ0n) is 13.8. The van der Waals surface area contributed by atoms with Crippen LogP contribution < -0.4 is 15.0 Å². The molecule has 9 heteroatoms. The summed E-state index contributed by atoms with van der Waals surface area (Å²) in [5.74, 6) is -0.639. The predicted octanol–water partition coefficient (Wildman–Crippen LogP) is 2.51. The predicted molar refractivity (Wildman–Crippen MR) is 82.9 cm³/mol. The number of esters is 1. The highest BCUT2D eigenvalue weighted by molar-refractivity contribution is 5.87. The third-order valence-corrected chi connectivity index (χ3v) is 3.49. The van der Waals surface area contributed by atoms with Gasteiger partial charge in [-0.2, -0.15) is 13.2 Å². The first-order valence-electron chi connectivity index (χ1n) is 7.26. The van der Waals surface area contributed by atoms with Crippen LogP contribution in [0.4, 0.5) is 13.2 Å². The van der Waals surface area contributed by atoms with E-state index in [0.29, 0.717) is 6.07 Å². The van der Waals surface area contributed by atoms with Crippen molar-refractivity contribution in [1.82, 2.24) is 4.57 Å². The number of hydrogen-bond acceptors (Lipinski definition) is 5. The van der Waals surface area contributed by atoms with E-state index in [2.05, 4.69) is 0 Å². The van der Waals surface area contributed by atoms with E-state index in [-0.39, 0.29) is 29.0 Å². The Morgan fingerprint density at radius 3 is 2.44 bits per heavy atom. The van der Waals surface area contributed by atoms with Crippen LogP contribution >= 0.6 is 0 Å². The number of aromatic nitrogens is 1. The molecule has 0 aliphatic heterocycles. The van der Waals surface area contributed by atoms with Gasteiger partial charge in [-0.05, 0) is 13.0 Å². The van der Waals surface area contributed by atoms with E-state index in [9.17, 15) is 22.8 Å². The smallest absolute Gasteiger partial charge is 0.417 e. The molecule has 0 fully saturated rings. The summed E-state index contributed by atoms with van der Waals surface area (Å²) in [7, 11) is 2.65. The highest BCUT2D eigenvalue weighted by Crippen LogP contribution is 2.38. The summed E-state index contributed by atoms with van der Waals surface area (Å²) < 4.78 is 55.9. The summed E-state index contributed by atoms with van der Waals surface area (Å²) in [6.45, 7) is 1.28. The number of nitrogens with zero attached hydrogens (tertiary/aromatic N) is 1. The van der Waals surface area contributed by atoms with Crippen LogP contribution in [0.1, 0.15) is 12.5 Å². The molecule has 1 aromatic carbocycles. The maximum Gasteiger partial charge on any atom is 0.417 e. The maximum absolute atomic E-state index is 13.3. The molecule has 1 heterocycles. The van der Waals surface area contributed by atoms with Crippen LogP contribution in [-0.2, 0) is 22.8 Å². The van der Waals surface area contributed by atoms with Gasteiger partial charge in [0.25, 0.3) is 5.56 Å². The number of ether oxygens (including phenoxy) is 3. The normalized spacial score (nSPS) is 11.4. The Balaban J connectivity index is 2.62. The number of hydrogen-bond donors (Lipinski definition) is 0. The Morgan fingerprint density at radius 1 is 1.20 bits per heavy atom. The summed E-state index contributed by atoms with van der Waals surface area (Å²) >= 11 is 0. The molecule has 0 N–H and O–H groups in total. The number of halogens is 3. The highest BCUT2D eigenvalue weighted by atomic mass is 19.4. The Bertz CT molecular complexity index is 857. The highest BCUT2D eigenvalue weighted by Gasteiger charge is 2.34. The Labute approximate surface area is 140 Å². The SMILES string of the molecule is CCOC(=O)COc1cc2c(C(F)(F)F)cc(=O)n(C)c2cc1OC. The Hall–Kier alpha value is -2.71. The van der Waals surface area contributed by atoms with E-state index in [1.54, 1.807) is 6.92 Å². The van der Waals surface area contributed by atoms with Crippen molar-refractivity contribution in [2.24, 2.45) is 7.05 Å². The number of fused-ring (bicyclic) bond motifs is 1. The molecule has 2 rings (SSSR count). The molecular weight excluding hydrogens is 343 g/mol. The van der Waals surface area contributed by atoms with Crippen molar-refractivity contribution in [2.75, 3.05) is 20.3 Å². The number of carbonyl (C=O) groups is 1. The molecule has 1 aromatic heterocycles. The summed E-state index contributed by atoms with van der Waals surface area (Å²) in [5.41, 5.74) is -1.86. The molecule has 0 saturated heterocycles. The van der Waals surface area contributed by atoms with Crippen LogP contribution in [0.5, 0.6) is 11.5 Å². The van der Waals surface area contributed by atoms with Gasteiger partial charge in [-0.25, -0.2) is 4.79 Å². The van der Waals surface area contributed by atoms with Crippen LogP contribution in [0.25, 0.3) is 10.9 Å². The van der Waals surface area contributed by atoms with Gasteiger partial charge in [-0.15, -0.1) is 0 Å². The second kappa shape index (κ2) is 7.04. The standard InChI is InChI=1S/C16H16F3NO5/c1-4-24-15(22)8-25-13-5-9-10(16(17,18)19)6-14(21)20(2)11(9)7-12(13)23-3/h5-7H,4,8H2,1-3H3. The fourth-order valence-electron chi connectivity index (χ4n) is 2.31. The summed E-state index contributed by atoms with van der Waals surface area (Å²) in [4.78, 5) is 23.2. The fraction of sp³-hybridized carbons (Fsp3) is 0.375. The van der Waals surface area contributed by atoms with E-state index in [1.807, 2.05) is 0 Å². The van der Waals surface area contributed by atoms with Crippen molar-refractivity contribution in [3.8, 4) is 11.5 Å². The van der Waals surface area contributed by atoms with Gasteiger partial charge >= 0.3 is 12.1 Å². The minimum atomic E-state index is -4.72. The molecular formula is C16H16F3NO5. The van der Waals surface area contributed by atoms with Gasteiger partial charge in [-0.3, -0.25) is 4.79 Å². The summed E-state index contributed by atoms with van der Waals surface area (Å²) in [6.07, 6.45) is -4.72. The molecule has 136 valence electrons. The zero-order valence-corrected chi connectivity index (χ0v) is 13.8. The van der Waals surface area contributed by atoms with Crippen molar-refractivity contribution < 1.29 is 32.2 Å². The van der Waals surface area contributed by atoms with Crippen molar-refractivity contribution in [3.05, 3.63) is 34.1 Å². The van der Waals surface area contributed by atoms with Gasteiger partial charge in [0.15, 0.2) is 18.1 Å². The van der Waals surface area contributed by atoms with E-state index < -0.39 is 29.9 Å². The molecule has 0 aliphatic rings. The van der Waals surface area contributed by atoms with E-state index >= 15 is 0 Å². The molecule has 2 aromatic rings.